The van der Waals surface area contributed by atoms with E-state index < -0.39 is 0 Å². The number of fused-ring (bicyclic) bond motifs is 2. The number of nitrogens with zero attached hydrogens (tertiary/aromatic N) is 6. The molecule has 0 aliphatic heterocycles. The van der Waals surface area contributed by atoms with Crippen molar-refractivity contribution in [2.24, 2.45) is 0 Å². The molecule has 0 atom stereocenters. The van der Waals surface area contributed by atoms with Crippen LogP contribution >= 0.6 is 0 Å². The Labute approximate surface area is 149 Å². The van der Waals surface area contributed by atoms with E-state index >= 15 is 0 Å². The summed E-state index contributed by atoms with van der Waals surface area (Å²) in [6.07, 6.45) is 13.6. The van der Waals surface area contributed by atoms with E-state index in [4.69, 9.17) is 4.74 Å². The van der Waals surface area contributed by atoms with E-state index in [0.717, 1.165) is 36.1 Å². The summed E-state index contributed by atoms with van der Waals surface area (Å²) in [6, 6.07) is 2.41. The second-order valence-electron chi connectivity index (χ2n) is 6.51. The molecule has 4 heterocycles. The van der Waals surface area contributed by atoms with E-state index in [-0.39, 0.29) is 0 Å². The molecule has 1 fully saturated rings. The van der Waals surface area contributed by atoms with Crippen molar-refractivity contribution in [1.29, 1.82) is 0 Å². The predicted octanol–water partition coefficient (Wildman–Crippen LogP) is 2.42. The Balaban J connectivity index is 1.39. The predicted molar refractivity (Wildman–Crippen MR) is 97.0 cm³/mol. The molecule has 0 bridgehead atoms. The van der Waals surface area contributed by atoms with Gasteiger partial charge >= 0.3 is 0 Å². The highest BCUT2D eigenvalue weighted by atomic mass is 16.5. The molecule has 1 N–H and O–H groups in total. The van der Waals surface area contributed by atoms with Crippen LogP contribution in [0, 0.1) is 0 Å². The molecule has 26 heavy (non-hydrogen) atoms. The highest BCUT2D eigenvalue weighted by Crippen LogP contribution is 2.27. The highest BCUT2D eigenvalue weighted by Gasteiger charge is 2.30. The van der Waals surface area contributed by atoms with Gasteiger partial charge in [0, 0.05) is 54.8 Å². The standard InChI is InChI=1S/C18H19N7O/c1-2-26-14-7-13(8-14)22-17-20-10-16-15(3-5-25(16)23-17)12-9-21-18-19-4-6-24(18)11-12/h3-6,9-11,13-14H,2,7-8H2,1H3,(H,22,23)/t13-,14+. The molecule has 4 aromatic rings. The Bertz CT molecular complexity index is 1060. The van der Waals surface area contributed by atoms with Gasteiger partial charge in [0.25, 0.3) is 0 Å². The van der Waals surface area contributed by atoms with Gasteiger partial charge in [0.15, 0.2) is 0 Å². The number of anilines is 1. The summed E-state index contributed by atoms with van der Waals surface area (Å²) in [4.78, 5) is 13.0. The van der Waals surface area contributed by atoms with Gasteiger partial charge in [-0.3, -0.25) is 4.40 Å². The Morgan fingerprint density at radius 2 is 2.12 bits per heavy atom. The molecule has 5 rings (SSSR count). The molecule has 8 nitrogen and oxygen atoms in total. The van der Waals surface area contributed by atoms with Gasteiger partial charge in [-0.25, -0.2) is 19.5 Å². The SMILES string of the molecule is CCO[C@H]1C[C@@H](Nc2ncc3c(-c4cnc5nccn5c4)ccn3n2)C1. The molecule has 132 valence electrons. The summed E-state index contributed by atoms with van der Waals surface area (Å²) in [5, 5.41) is 7.96. The largest absolute Gasteiger partial charge is 0.378 e. The number of ether oxygens (including phenoxy) is 1. The maximum atomic E-state index is 5.59. The minimum atomic E-state index is 0.366. The third-order valence-corrected chi connectivity index (χ3v) is 4.80. The van der Waals surface area contributed by atoms with Gasteiger partial charge in [0.1, 0.15) is 0 Å². The molecule has 1 aliphatic rings. The van der Waals surface area contributed by atoms with Crippen molar-refractivity contribution in [2.75, 3.05) is 11.9 Å². The van der Waals surface area contributed by atoms with Crippen molar-refractivity contribution in [3.63, 3.8) is 0 Å². The number of aromatic nitrogens is 6. The van der Waals surface area contributed by atoms with E-state index in [2.05, 4.69) is 25.4 Å². The van der Waals surface area contributed by atoms with Crippen LogP contribution < -0.4 is 5.32 Å². The molecule has 8 heteroatoms. The summed E-state index contributed by atoms with van der Waals surface area (Å²) >= 11 is 0. The van der Waals surface area contributed by atoms with Gasteiger partial charge in [-0.1, -0.05) is 0 Å². The van der Waals surface area contributed by atoms with Crippen LogP contribution in [0.2, 0.25) is 0 Å². The van der Waals surface area contributed by atoms with E-state index in [9.17, 15) is 0 Å². The van der Waals surface area contributed by atoms with Gasteiger partial charge in [-0.15, -0.1) is 5.10 Å². The second kappa shape index (κ2) is 6.06. The zero-order valence-corrected chi connectivity index (χ0v) is 14.4. The van der Waals surface area contributed by atoms with Crippen LogP contribution in [-0.2, 0) is 4.74 Å². The van der Waals surface area contributed by atoms with Gasteiger partial charge in [-0.05, 0) is 25.8 Å². The van der Waals surface area contributed by atoms with Gasteiger partial charge in [0.2, 0.25) is 11.7 Å². The molecule has 0 amide bonds. The van der Waals surface area contributed by atoms with Gasteiger partial charge in [0.05, 0.1) is 17.8 Å². The lowest BCUT2D eigenvalue weighted by molar-refractivity contribution is 0.00283. The van der Waals surface area contributed by atoms with Crippen LogP contribution in [0.5, 0.6) is 0 Å². The molecular weight excluding hydrogens is 330 g/mol. The van der Waals surface area contributed by atoms with E-state index in [0.29, 0.717) is 23.9 Å². The van der Waals surface area contributed by atoms with E-state index in [1.54, 1.807) is 6.20 Å². The van der Waals surface area contributed by atoms with Crippen LogP contribution in [0.4, 0.5) is 5.95 Å². The quantitative estimate of drug-likeness (QED) is 0.596. The van der Waals surface area contributed by atoms with Crippen molar-refractivity contribution in [3.05, 3.63) is 43.2 Å². The maximum Gasteiger partial charge on any atom is 0.241 e. The topological polar surface area (TPSA) is 81.6 Å². The first-order valence-electron chi connectivity index (χ1n) is 8.82. The van der Waals surface area contributed by atoms with Crippen molar-refractivity contribution < 1.29 is 4.74 Å². The van der Waals surface area contributed by atoms with Crippen molar-refractivity contribution >= 4 is 17.2 Å². The lowest BCUT2D eigenvalue weighted by atomic mass is 9.89. The first kappa shape index (κ1) is 15.3. The lowest BCUT2D eigenvalue weighted by Gasteiger charge is -2.35. The third kappa shape index (κ3) is 2.59. The fourth-order valence-electron chi connectivity index (χ4n) is 3.40. The van der Waals surface area contributed by atoms with Crippen LogP contribution in [-0.4, -0.2) is 47.7 Å². The summed E-state index contributed by atoms with van der Waals surface area (Å²) in [5.74, 6) is 1.33. The molecule has 1 aliphatic carbocycles. The molecule has 0 unspecified atom stereocenters. The number of imidazole rings is 1. The molecule has 1 saturated carbocycles. The van der Waals surface area contributed by atoms with Crippen molar-refractivity contribution in [1.82, 2.24) is 29.0 Å². The molecular formula is C18H19N7O. The number of nitrogens with one attached hydrogen (secondary N) is 1. The summed E-state index contributed by atoms with van der Waals surface area (Å²) in [7, 11) is 0. The lowest BCUT2D eigenvalue weighted by Crippen LogP contribution is -2.41. The Morgan fingerprint density at radius 3 is 3.00 bits per heavy atom. The maximum absolute atomic E-state index is 5.59. The smallest absolute Gasteiger partial charge is 0.241 e. The number of hydrogen-bond acceptors (Lipinski definition) is 6. The van der Waals surface area contributed by atoms with E-state index in [1.807, 2.05) is 52.9 Å². The summed E-state index contributed by atoms with van der Waals surface area (Å²) in [6.45, 7) is 2.80. The van der Waals surface area contributed by atoms with Crippen LogP contribution in [0.15, 0.2) is 43.2 Å². The fourth-order valence-corrected chi connectivity index (χ4v) is 3.40. The fraction of sp³-hybridized carbons (Fsp3) is 0.333. The molecule has 4 aromatic heterocycles. The molecule has 0 radical (unpaired) electrons. The van der Waals surface area contributed by atoms with Gasteiger partial charge < -0.3 is 10.1 Å². The van der Waals surface area contributed by atoms with Crippen LogP contribution in [0.25, 0.3) is 22.4 Å². The average Bonchev–Trinajstić information content (AvgIpc) is 3.25. The Hall–Kier alpha value is -3.00. The first-order valence-corrected chi connectivity index (χ1v) is 8.82. The van der Waals surface area contributed by atoms with Gasteiger partial charge in [-0.2, -0.15) is 0 Å². The zero-order valence-electron chi connectivity index (χ0n) is 14.4. The monoisotopic (exact) mass is 349 g/mol. The number of hydrogen-bond donors (Lipinski definition) is 1. The van der Waals surface area contributed by atoms with Crippen molar-refractivity contribution in [3.8, 4) is 11.1 Å². The minimum Gasteiger partial charge on any atom is -0.378 e. The second-order valence-corrected chi connectivity index (χ2v) is 6.51. The van der Waals surface area contributed by atoms with E-state index in [1.165, 1.54) is 0 Å². The van der Waals surface area contributed by atoms with Crippen LogP contribution in [0.1, 0.15) is 19.8 Å². The number of rotatable bonds is 5. The molecule has 0 saturated heterocycles. The third-order valence-electron chi connectivity index (χ3n) is 4.80. The summed E-state index contributed by atoms with van der Waals surface area (Å²) < 4.78 is 9.35. The first-order chi connectivity index (χ1) is 12.8. The Morgan fingerprint density at radius 1 is 1.19 bits per heavy atom. The summed E-state index contributed by atoms with van der Waals surface area (Å²) in [5.41, 5.74) is 2.98. The van der Waals surface area contributed by atoms with Crippen LogP contribution in [0.3, 0.4) is 0 Å². The highest BCUT2D eigenvalue weighted by molar-refractivity contribution is 5.79. The zero-order chi connectivity index (χ0) is 17.5. The van der Waals surface area contributed by atoms with Crippen molar-refractivity contribution in [2.45, 2.75) is 31.9 Å². The normalized spacial score (nSPS) is 19.7. The molecule has 0 aromatic carbocycles. The molecule has 0 spiro atoms. The Kier molecular flexibility index (Phi) is 3.56. The average molecular weight is 349 g/mol. The minimum absolute atomic E-state index is 0.366.